The molecule has 0 radical (unpaired) electrons. The first kappa shape index (κ1) is 18.3. The van der Waals surface area contributed by atoms with Crippen LogP contribution in [0, 0.1) is 19.3 Å². The van der Waals surface area contributed by atoms with Crippen molar-refractivity contribution in [1.82, 2.24) is 20.1 Å². The number of nitrogens with one attached hydrogen (secondary N) is 1. The van der Waals surface area contributed by atoms with E-state index in [1.54, 1.807) is 0 Å². The van der Waals surface area contributed by atoms with Crippen LogP contribution in [0.15, 0.2) is 29.4 Å². The molecular formula is C19H23N5OS. The van der Waals surface area contributed by atoms with E-state index < -0.39 is 0 Å². The van der Waals surface area contributed by atoms with Gasteiger partial charge in [0, 0.05) is 13.1 Å². The van der Waals surface area contributed by atoms with E-state index >= 15 is 0 Å². The van der Waals surface area contributed by atoms with Gasteiger partial charge in [0.05, 0.1) is 17.5 Å². The lowest BCUT2D eigenvalue weighted by Crippen LogP contribution is -2.31. The molecule has 0 bridgehead atoms. The first-order valence-electron chi connectivity index (χ1n) is 8.75. The molecule has 0 saturated carbocycles. The third-order valence-corrected chi connectivity index (χ3v) is 5.36. The fraction of sp³-hybridized carbons (Fsp3) is 0.421. The van der Waals surface area contributed by atoms with E-state index in [1.165, 1.54) is 17.3 Å². The van der Waals surface area contributed by atoms with Gasteiger partial charge < -0.3 is 10.2 Å². The van der Waals surface area contributed by atoms with Gasteiger partial charge in [-0.3, -0.25) is 9.36 Å². The Kier molecular flexibility index (Phi) is 5.84. The minimum Gasteiger partial charge on any atom is -0.344 e. The van der Waals surface area contributed by atoms with Crippen LogP contribution < -0.4 is 10.2 Å². The molecule has 1 fully saturated rings. The number of rotatable bonds is 6. The van der Waals surface area contributed by atoms with E-state index in [-0.39, 0.29) is 17.7 Å². The molecule has 2 heterocycles. The van der Waals surface area contributed by atoms with E-state index in [1.807, 2.05) is 11.5 Å². The fourth-order valence-corrected chi connectivity index (χ4v) is 3.76. The van der Waals surface area contributed by atoms with Gasteiger partial charge in [-0.25, -0.2) is 0 Å². The smallest absolute Gasteiger partial charge is 0.234 e. The monoisotopic (exact) mass is 369 g/mol. The molecule has 1 aliphatic heterocycles. The molecule has 1 saturated heterocycles. The quantitative estimate of drug-likeness (QED) is 0.626. The zero-order valence-electron chi connectivity index (χ0n) is 15.1. The Morgan fingerprint density at radius 1 is 1.31 bits per heavy atom. The largest absolute Gasteiger partial charge is 0.344 e. The molecule has 1 amide bonds. The summed E-state index contributed by atoms with van der Waals surface area (Å²) < 4.78 is 2.04. The highest BCUT2D eigenvalue weighted by molar-refractivity contribution is 8.00. The number of amides is 1. The van der Waals surface area contributed by atoms with Crippen LogP contribution in [-0.4, -0.2) is 45.6 Å². The van der Waals surface area contributed by atoms with Crippen LogP contribution in [0.25, 0.3) is 5.69 Å². The fourth-order valence-electron chi connectivity index (χ4n) is 2.87. The summed E-state index contributed by atoms with van der Waals surface area (Å²) in [5, 5.41) is 11.9. The van der Waals surface area contributed by atoms with Crippen molar-refractivity contribution in [1.29, 1.82) is 0 Å². The molecule has 136 valence electrons. The van der Waals surface area contributed by atoms with Gasteiger partial charge >= 0.3 is 0 Å². The Labute approximate surface area is 158 Å². The van der Waals surface area contributed by atoms with Crippen LogP contribution in [0.4, 0.5) is 5.95 Å². The van der Waals surface area contributed by atoms with Gasteiger partial charge in [0.15, 0.2) is 5.16 Å². The number of hydrogen-bond acceptors (Lipinski definition) is 5. The van der Waals surface area contributed by atoms with Crippen LogP contribution in [0.1, 0.15) is 25.3 Å². The number of thioether (sulfide) groups is 1. The number of aromatic nitrogens is 3. The second-order valence-corrected chi connectivity index (χ2v) is 7.64. The molecule has 7 heteroatoms. The van der Waals surface area contributed by atoms with Crippen molar-refractivity contribution >= 4 is 23.6 Å². The summed E-state index contributed by atoms with van der Waals surface area (Å²) in [4.78, 5) is 14.4. The number of benzene rings is 1. The Bertz CT molecular complexity index is 802. The van der Waals surface area contributed by atoms with Crippen molar-refractivity contribution < 1.29 is 4.79 Å². The third-order valence-electron chi connectivity index (χ3n) is 4.31. The minimum absolute atomic E-state index is 0.103. The Morgan fingerprint density at radius 2 is 2.00 bits per heavy atom. The number of terminal acetylenes is 1. The first-order chi connectivity index (χ1) is 12.6. The molecule has 1 atom stereocenters. The molecule has 1 N–H and O–H groups in total. The zero-order chi connectivity index (χ0) is 18.5. The maximum atomic E-state index is 12.2. The van der Waals surface area contributed by atoms with Crippen LogP contribution in [-0.2, 0) is 4.79 Å². The summed E-state index contributed by atoms with van der Waals surface area (Å²) in [6, 6.07) is 8.26. The number of anilines is 1. The predicted molar refractivity (Wildman–Crippen MR) is 105 cm³/mol. The number of hydrogen-bond donors (Lipinski definition) is 1. The summed E-state index contributed by atoms with van der Waals surface area (Å²) in [7, 11) is 0. The molecule has 2 aromatic rings. The molecule has 0 spiro atoms. The molecule has 26 heavy (non-hydrogen) atoms. The second-order valence-electron chi connectivity index (χ2n) is 6.33. The molecule has 6 nitrogen and oxygen atoms in total. The molecule has 1 aromatic heterocycles. The van der Waals surface area contributed by atoms with Gasteiger partial charge in [-0.2, -0.15) is 0 Å². The summed E-state index contributed by atoms with van der Waals surface area (Å²) in [6.07, 6.45) is 7.53. The molecular weight excluding hydrogens is 346 g/mol. The van der Waals surface area contributed by atoms with Crippen molar-refractivity contribution in [2.24, 2.45) is 0 Å². The molecule has 3 rings (SSSR count). The van der Waals surface area contributed by atoms with Gasteiger partial charge in [0.2, 0.25) is 11.9 Å². The van der Waals surface area contributed by atoms with Gasteiger partial charge in [0.1, 0.15) is 0 Å². The van der Waals surface area contributed by atoms with Crippen LogP contribution in [0.3, 0.4) is 0 Å². The van der Waals surface area contributed by atoms with E-state index in [0.29, 0.717) is 5.16 Å². The van der Waals surface area contributed by atoms with Gasteiger partial charge in [0.25, 0.3) is 0 Å². The number of nitrogens with zero attached hydrogens (tertiary/aromatic N) is 4. The molecule has 1 aliphatic rings. The van der Waals surface area contributed by atoms with Gasteiger partial charge in [-0.1, -0.05) is 35.4 Å². The normalized spacial score (nSPS) is 14.9. The average Bonchev–Trinajstić information content (AvgIpc) is 3.30. The standard InChI is InChI=1S/C19H23N5OS/c1-4-11-20-17(25)15(3)26-19-22-21-18(23-12-5-6-13-23)24(19)16-9-7-14(2)8-10-16/h1,7-10,15H,5-6,11-13H2,2-3H3,(H,20,25). The second kappa shape index (κ2) is 8.28. The third kappa shape index (κ3) is 4.02. The van der Waals surface area contributed by atoms with Gasteiger partial charge in [-0.05, 0) is 38.8 Å². The van der Waals surface area contributed by atoms with Crippen LogP contribution in [0.5, 0.6) is 0 Å². The topological polar surface area (TPSA) is 63.1 Å². The minimum atomic E-state index is -0.317. The summed E-state index contributed by atoms with van der Waals surface area (Å²) >= 11 is 1.39. The molecule has 1 aromatic carbocycles. The lowest BCUT2D eigenvalue weighted by molar-refractivity contribution is -0.120. The van der Waals surface area contributed by atoms with E-state index in [4.69, 9.17) is 6.42 Å². The van der Waals surface area contributed by atoms with Crippen molar-refractivity contribution in [3.8, 4) is 18.0 Å². The maximum Gasteiger partial charge on any atom is 0.234 e. The van der Waals surface area contributed by atoms with Crippen molar-refractivity contribution in [2.45, 2.75) is 37.1 Å². The summed E-state index contributed by atoms with van der Waals surface area (Å²) in [5.41, 5.74) is 2.20. The molecule has 1 unspecified atom stereocenters. The Morgan fingerprint density at radius 3 is 2.65 bits per heavy atom. The van der Waals surface area contributed by atoms with Crippen LogP contribution >= 0.6 is 11.8 Å². The summed E-state index contributed by atoms with van der Waals surface area (Å²) in [5.74, 6) is 3.16. The van der Waals surface area contributed by atoms with Crippen molar-refractivity contribution in [3.63, 3.8) is 0 Å². The van der Waals surface area contributed by atoms with Gasteiger partial charge in [-0.15, -0.1) is 16.6 Å². The summed E-state index contributed by atoms with van der Waals surface area (Å²) in [6.45, 7) is 6.10. The average molecular weight is 369 g/mol. The predicted octanol–water partition coefficient (Wildman–Crippen LogP) is 2.41. The highest BCUT2D eigenvalue weighted by Crippen LogP contribution is 2.30. The zero-order valence-corrected chi connectivity index (χ0v) is 15.9. The first-order valence-corrected chi connectivity index (χ1v) is 9.63. The number of carbonyl (C=O) groups is 1. The lowest BCUT2D eigenvalue weighted by Gasteiger charge is -2.19. The highest BCUT2D eigenvalue weighted by Gasteiger charge is 2.25. The van der Waals surface area contributed by atoms with E-state index in [2.05, 4.69) is 57.5 Å². The SMILES string of the molecule is C#CCNC(=O)C(C)Sc1nnc(N2CCCC2)n1-c1ccc(C)cc1. The van der Waals surface area contributed by atoms with E-state index in [9.17, 15) is 4.79 Å². The number of carbonyl (C=O) groups excluding carboxylic acids is 1. The lowest BCUT2D eigenvalue weighted by atomic mass is 10.2. The Balaban J connectivity index is 1.91. The van der Waals surface area contributed by atoms with Crippen molar-refractivity contribution in [3.05, 3.63) is 29.8 Å². The Hall–Kier alpha value is -2.46. The van der Waals surface area contributed by atoms with E-state index in [0.717, 1.165) is 37.6 Å². The van der Waals surface area contributed by atoms with Crippen molar-refractivity contribution in [2.75, 3.05) is 24.5 Å². The maximum absolute atomic E-state index is 12.2. The molecule has 0 aliphatic carbocycles. The van der Waals surface area contributed by atoms with Crippen LogP contribution in [0.2, 0.25) is 0 Å². The number of aryl methyl sites for hydroxylation is 1. The highest BCUT2D eigenvalue weighted by atomic mass is 32.2.